The largest absolute Gasteiger partial charge is 0.388 e. The molecule has 1 aliphatic heterocycles. The lowest BCUT2D eigenvalue weighted by molar-refractivity contribution is 0.0710. The Hall–Kier alpha value is -0.800. The zero-order valence-electron chi connectivity index (χ0n) is 11.4. The number of hydrogen-bond acceptors (Lipinski definition) is 2. The van der Waals surface area contributed by atoms with E-state index in [1.807, 2.05) is 0 Å². The molecule has 1 aliphatic carbocycles. The van der Waals surface area contributed by atoms with Crippen LogP contribution in [0.1, 0.15) is 61.7 Å². The molecule has 3 heteroatoms. The number of rotatable bonds is 2. The van der Waals surface area contributed by atoms with Crippen molar-refractivity contribution in [3.05, 3.63) is 23.0 Å². The number of aromatic nitrogens is 1. The summed E-state index contributed by atoms with van der Waals surface area (Å²) in [5.41, 5.74) is 3.77. The van der Waals surface area contributed by atoms with Crippen LogP contribution in [0.4, 0.5) is 0 Å². The third-order valence-corrected chi connectivity index (χ3v) is 4.53. The van der Waals surface area contributed by atoms with Crippen molar-refractivity contribution < 1.29 is 9.84 Å². The highest BCUT2D eigenvalue weighted by Crippen LogP contribution is 2.36. The second kappa shape index (κ2) is 4.71. The molecular formula is C15H23NO2. The van der Waals surface area contributed by atoms with Crippen LogP contribution < -0.4 is 0 Å². The fourth-order valence-corrected chi connectivity index (χ4v) is 3.62. The van der Waals surface area contributed by atoms with Crippen LogP contribution in [0.5, 0.6) is 0 Å². The average Bonchev–Trinajstić information content (AvgIpc) is 2.96. The van der Waals surface area contributed by atoms with Crippen LogP contribution in [0.25, 0.3) is 0 Å². The third-order valence-electron chi connectivity index (χ3n) is 4.53. The van der Waals surface area contributed by atoms with Gasteiger partial charge in [0.15, 0.2) is 0 Å². The maximum absolute atomic E-state index is 10.1. The van der Waals surface area contributed by atoms with Crippen molar-refractivity contribution in [3.63, 3.8) is 0 Å². The number of aliphatic hydroxyl groups is 1. The predicted molar refractivity (Wildman–Crippen MR) is 70.8 cm³/mol. The molecule has 2 aliphatic rings. The van der Waals surface area contributed by atoms with Crippen LogP contribution in [0.2, 0.25) is 0 Å². The van der Waals surface area contributed by atoms with E-state index in [2.05, 4.69) is 24.5 Å². The maximum Gasteiger partial charge on any atom is 0.0807 e. The van der Waals surface area contributed by atoms with E-state index in [0.29, 0.717) is 12.1 Å². The van der Waals surface area contributed by atoms with Gasteiger partial charge in [-0.3, -0.25) is 0 Å². The molecule has 100 valence electrons. The molecule has 0 aromatic carbocycles. The molecule has 1 N–H and O–H groups in total. The summed E-state index contributed by atoms with van der Waals surface area (Å²) in [5.74, 6) is 0. The van der Waals surface area contributed by atoms with Crippen molar-refractivity contribution in [1.82, 2.24) is 4.57 Å². The lowest BCUT2D eigenvalue weighted by Crippen LogP contribution is -2.24. The molecule has 0 spiro atoms. The van der Waals surface area contributed by atoms with Crippen molar-refractivity contribution in [3.8, 4) is 0 Å². The molecule has 1 fully saturated rings. The van der Waals surface area contributed by atoms with E-state index >= 15 is 0 Å². The van der Waals surface area contributed by atoms with Gasteiger partial charge in [0.1, 0.15) is 0 Å². The van der Waals surface area contributed by atoms with Gasteiger partial charge >= 0.3 is 0 Å². The summed E-state index contributed by atoms with van der Waals surface area (Å²) in [6.45, 7) is 5.31. The molecule has 3 atom stereocenters. The predicted octanol–water partition coefficient (Wildman–Crippen LogP) is 2.91. The van der Waals surface area contributed by atoms with Crippen LogP contribution in [0, 0.1) is 6.92 Å². The van der Waals surface area contributed by atoms with Gasteiger partial charge in [0, 0.05) is 23.6 Å². The Morgan fingerprint density at radius 2 is 2.22 bits per heavy atom. The minimum atomic E-state index is -0.259. The van der Waals surface area contributed by atoms with E-state index in [1.165, 1.54) is 17.8 Å². The van der Waals surface area contributed by atoms with Crippen molar-refractivity contribution in [1.29, 1.82) is 0 Å². The normalized spacial score (nSPS) is 29.3. The molecule has 3 unspecified atom stereocenters. The molecular weight excluding hydrogens is 226 g/mol. The van der Waals surface area contributed by atoms with Crippen LogP contribution in [0.15, 0.2) is 6.07 Å². The highest BCUT2D eigenvalue weighted by atomic mass is 16.5. The van der Waals surface area contributed by atoms with Crippen LogP contribution in [-0.2, 0) is 11.2 Å². The molecule has 1 saturated heterocycles. The Kier molecular flexibility index (Phi) is 3.20. The molecule has 0 radical (unpaired) electrons. The van der Waals surface area contributed by atoms with Crippen LogP contribution >= 0.6 is 0 Å². The topological polar surface area (TPSA) is 34.4 Å². The molecule has 2 heterocycles. The van der Waals surface area contributed by atoms with Gasteiger partial charge in [-0.25, -0.2) is 0 Å². The first-order valence-electron chi connectivity index (χ1n) is 7.18. The SMILES string of the molecule is Cc1cc2c(n1C(C)C1CCCO1)CCCC2O. The summed E-state index contributed by atoms with van der Waals surface area (Å²) < 4.78 is 8.24. The molecule has 1 aromatic heterocycles. The van der Waals surface area contributed by atoms with Crippen molar-refractivity contribution in [2.24, 2.45) is 0 Å². The molecule has 0 saturated carbocycles. The van der Waals surface area contributed by atoms with Gasteiger partial charge in [-0.05, 0) is 52.0 Å². The first kappa shape index (κ1) is 12.2. The Balaban J connectivity index is 1.95. The number of nitrogens with zero attached hydrogens (tertiary/aromatic N) is 1. The molecule has 1 aromatic rings. The highest BCUT2D eigenvalue weighted by molar-refractivity contribution is 5.32. The number of fused-ring (bicyclic) bond motifs is 1. The zero-order chi connectivity index (χ0) is 12.7. The van der Waals surface area contributed by atoms with Gasteiger partial charge in [-0.15, -0.1) is 0 Å². The lowest BCUT2D eigenvalue weighted by Gasteiger charge is -2.27. The van der Waals surface area contributed by atoms with E-state index in [9.17, 15) is 5.11 Å². The van der Waals surface area contributed by atoms with Gasteiger partial charge in [0.05, 0.1) is 18.2 Å². The first-order valence-corrected chi connectivity index (χ1v) is 7.18. The van der Waals surface area contributed by atoms with E-state index in [4.69, 9.17) is 4.74 Å². The van der Waals surface area contributed by atoms with Gasteiger partial charge in [-0.2, -0.15) is 0 Å². The number of aryl methyl sites for hydroxylation is 1. The van der Waals surface area contributed by atoms with Gasteiger partial charge < -0.3 is 14.4 Å². The second-order valence-electron chi connectivity index (χ2n) is 5.76. The summed E-state index contributed by atoms with van der Waals surface area (Å²) in [7, 11) is 0. The van der Waals surface area contributed by atoms with E-state index in [1.54, 1.807) is 0 Å². The average molecular weight is 249 g/mol. The standard InChI is InChI=1S/C15H23NO2/c1-10-9-12-13(5-3-6-14(12)17)16(10)11(2)15-7-4-8-18-15/h9,11,14-15,17H,3-8H2,1-2H3. The van der Waals surface area contributed by atoms with Gasteiger partial charge in [-0.1, -0.05) is 0 Å². The van der Waals surface area contributed by atoms with Crippen LogP contribution in [0.3, 0.4) is 0 Å². The minimum Gasteiger partial charge on any atom is -0.388 e. The maximum atomic E-state index is 10.1. The fourth-order valence-electron chi connectivity index (χ4n) is 3.62. The minimum absolute atomic E-state index is 0.259. The molecule has 0 bridgehead atoms. The van der Waals surface area contributed by atoms with E-state index < -0.39 is 0 Å². The van der Waals surface area contributed by atoms with Crippen molar-refractivity contribution in [2.75, 3.05) is 6.61 Å². The van der Waals surface area contributed by atoms with Crippen molar-refractivity contribution in [2.45, 2.75) is 64.2 Å². The monoisotopic (exact) mass is 249 g/mol. The quantitative estimate of drug-likeness (QED) is 0.874. The Morgan fingerprint density at radius 3 is 2.94 bits per heavy atom. The summed E-state index contributed by atoms with van der Waals surface area (Å²) in [6.07, 6.45) is 5.53. The summed E-state index contributed by atoms with van der Waals surface area (Å²) in [5, 5.41) is 10.1. The zero-order valence-corrected chi connectivity index (χ0v) is 11.4. The van der Waals surface area contributed by atoms with Crippen LogP contribution in [-0.4, -0.2) is 22.4 Å². The smallest absolute Gasteiger partial charge is 0.0807 e. The van der Waals surface area contributed by atoms with Crippen molar-refractivity contribution >= 4 is 0 Å². The fraction of sp³-hybridized carbons (Fsp3) is 0.733. The lowest BCUT2D eigenvalue weighted by atomic mass is 9.95. The molecule has 18 heavy (non-hydrogen) atoms. The summed E-state index contributed by atoms with van der Waals surface area (Å²) >= 11 is 0. The van der Waals surface area contributed by atoms with Gasteiger partial charge in [0.25, 0.3) is 0 Å². The van der Waals surface area contributed by atoms with E-state index in [-0.39, 0.29) is 6.10 Å². The number of hydrogen-bond donors (Lipinski definition) is 1. The number of aliphatic hydroxyl groups excluding tert-OH is 1. The third kappa shape index (κ3) is 1.90. The Bertz CT molecular complexity index is 432. The van der Waals surface area contributed by atoms with Gasteiger partial charge in [0.2, 0.25) is 0 Å². The molecule has 3 nitrogen and oxygen atoms in total. The summed E-state index contributed by atoms with van der Waals surface area (Å²) in [6, 6.07) is 2.56. The van der Waals surface area contributed by atoms with E-state index in [0.717, 1.165) is 37.9 Å². The highest BCUT2D eigenvalue weighted by Gasteiger charge is 2.29. The first-order chi connectivity index (χ1) is 8.68. The Morgan fingerprint density at radius 1 is 1.39 bits per heavy atom. The molecule has 0 amide bonds. The molecule has 3 rings (SSSR count). The second-order valence-corrected chi connectivity index (χ2v) is 5.76. The Labute approximate surface area is 109 Å². The summed E-state index contributed by atoms with van der Waals surface area (Å²) in [4.78, 5) is 0. The number of ether oxygens (including phenoxy) is 1.